The summed E-state index contributed by atoms with van der Waals surface area (Å²) in [6.45, 7) is 0.492. The monoisotopic (exact) mass is 442 g/mol. The minimum absolute atomic E-state index is 0.150. The first-order valence-corrected chi connectivity index (χ1v) is 8.49. The molecule has 3 aromatic rings. The lowest BCUT2D eigenvalue weighted by Crippen LogP contribution is -2.26. The first kappa shape index (κ1) is 16.3. The van der Waals surface area contributed by atoms with Gasteiger partial charge in [-0.1, -0.05) is 11.6 Å². The molecule has 1 amide bonds. The topological polar surface area (TPSA) is 44.9 Å². The van der Waals surface area contributed by atoms with E-state index < -0.39 is 0 Å². The molecule has 23 heavy (non-hydrogen) atoms. The predicted octanol–water partition coefficient (Wildman–Crippen LogP) is 4.54. The zero-order valence-electron chi connectivity index (χ0n) is 12.0. The van der Waals surface area contributed by atoms with Crippen molar-refractivity contribution in [1.82, 2.24) is 10.3 Å². The first-order valence-electron chi connectivity index (χ1n) is 7.03. The van der Waals surface area contributed by atoms with Crippen LogP contribution >= 0.6 is 34.2 Å². The summed E-state index contributed by atoms with van der Waals surface area (Å²) in [6.07, 6.45) is 2.51. The molecule has 2 N–H and O–H groups in total. The minimum atomic E-state index is -0.269. The van der Waals surface area contributed by atoms with Gasteiger partial charge in [-0.15, -0.1) is 0 Å². The van der Waals surface area contributed by atoms with Gasteiger partial charge < -0.3 is 10.3 Å². The Labute approximate surface area is 151 Å². The van der Waals surface area contributed by atoms with Gasteiger partial charge >= 0.3 is 0 Å². The number of carbonyl (C=O) groups excluding carboxylic acids is 1. The fourth-order valence-corrected chi connectivity index (χ4v) is 3.20. The van der Waals surface area contributed by atoms with Crippen LogP contribution in [0.15, 0.2) is 42.6 Å². The van der Waals surface area contributed by atoms with Crippen LogP contribution in [0.5, 0.6) is 0 Å². The second-order valence-corrected chi connectivity index (χ2v) is 6.73. The van der Waals surface area contributed by atoms with Crippen LogP contribution in [-0.4, -0.2) is 17.4 Å². The molecule has 0 aliphatic carbocycles. The fourth-order valence-electron chi connectivity index (χ4n) is 2.44. The van der Waals surface area contributed by atoms with Crippen LogP contribution in [0.3, 0.4) is 0 Å². The molecule has 0 unspecified atom stereocenters. The average Bonchev–Trinajstić information content (AvgIpc) is 2.91. The summed E-state index contributed by atoms with van der Waals surface area (Å²) >= 11 is 8.05. The number of fused-ring (bicyclic) bond motifs is 1. The van der Waals surface area contributed by atoms with Crippen LogP contribution in [0.1, 0.15) is 15.9 Å². The molecular formula is C17H13ClFIN2O. The smallest absolute Gasteiger partial charge is 0.252 e. The Morgan fingerprint density at radius 3 is 2.91 bits per heavy atom. The van der Waals surface area contributed by atoms with Gasteiger partial charge in [0.2, 0.25) is 0 Å². The number of nitrogens with one attached hydrogen (secondary N) is 2. The fraction of sp³-hybridized carbons (Fsp3) is 0.118. The summed E-state index contributed by atoms with van der Waals surface area (Å²) < 4.78 is 14.0. The third kappa shape index (κ3) is 3.67. The van der Waals surface area contributed by atoms with Gasteiger partial charge in [0, 0.05) is 32.2 Å². The highest BCUT2D eigenvalue weighted by molar-refractivity contribution is 14.1. The van der Waals surface area contributed by atoms with E-state index in [1.807, 2.05) is 12.3 Å². The molecule has 0 bridgehead atoms. The molecule has 0 spiro atoms. The Morgan fingerprint density at radius 2 is 2.09 bits per heavy atom. The molecule has 118 valence electrons. The van der Waals surface area contributed by atoms with E-state index >= 15 is 0 Å². The van der Waals surface area contributed by atoms with Crippen LogP contribution in [0.4, 0.5) is 4.39 Å². The Balaban J connectivity index is 1.66. The maximum Gasteiger partial charge on any atom is 0.252 e. The van der Waals surface area contributed by atoms with E-state index in [1.165, 1.54) is 12.1 Å². The Hall–Kier alpha value is -1.60. The summed E-state index contributed by atoms with van der Waals surface area (Å²) in [6, 6.07) is 9.88. The van der Waals surface area contributed by atoms with Crippen LogP contribution < -0.4 is 5.32 Å². The van der Waals surface area contributed by atoms with E-state index in [1.54, 1.807) is 18.2 Å². The van der Waals surface area contributed by atoms with Crippen molar-refractivity contribution in [3.05, 3.63) is 68.1 Å². The Bertz CT molecular complexity index is 878. The van der Waals surface area contributed by atoms with Crippen molar-refractivity contribution in [1.29, 1.82) is 0 Å². The number of rotatable bonds is 4. The minimum Gasteiger partial charge on any atom is -0.361 e. The zero-order valence-corrected chi connectivity index (χ0v) is 14.9. The summed E-state index contributed by atoms with van der Waals surface area (Å²) in [5, 5.41) is 4.40. The van der Waals surface area contributed by atoms with E-state index in [0.29, 0.717) is 23.6 Å². The number of hydrogen-bond donors (Lipinski definition) is 2. The lowest BCUT2D eigenvalue weighted by Gasteiger charge is -2.07. The van der Waals surface area contributed by atoms with Crippen LogP contribution in [-0.2, 0) is 6.42 Å². The van der Waals surface area contributed by atoms with Crippen molar-refractivity contribution in [3.8, 4) is 0 Å². The normalized spacial score (nSPS) is 10.9. The Kier molecular flexibility index (Phi) is 4.87. The molecule has 3 nitrogen and oxygen atoms in total. The SMILES string of the molecule is O=C(NCCc1c[nH]c2cc(F)ccc12)c1cc(Cl)ccc1I. The van der Waals surface area contributed by atoms with Gasteiger partial charge in [-0.3, -0.25) is 4.79 Å². The van der Waals surface area contributed by atoms with Crippen LogP contribution in [0.25, 0.3) is 10.9 Å². The molecule has 3 rings (SSSR count). The van der Waals surface area contributed by atoms with Crippen molar-refractivity contribution in [2.45, 2.75) is 6.42 Å². The van der Waals surface area contributed by atoms with Crippen molar-refractivity contribution in [2.75, 3.05) is 6.54 Å². The van der Waals surface area contributed by atoms with Gasteiger partial charge in [-0.05, 0) is 71.0 Å². The number of carbonyl (C=O) groups is 1. The van der Waals surface area contributed by atoms with Crippen molar-refractivity contribution in [3.63, 3.8) is 0 Å². The molecule has 0 saturated carbocycles. The van der Waals surface area contributed by atoms with E-state index in [-0.39, 0.29) is 11.7 Å². The number of aromatic nitrogens is 1. The maximum absolute atomic E-state index is 13.2. The van der Waals surface area contributed by atoms with Gasteiger partial charge in [0.15, 0.2) is 0 Å². The first-order chi connectivity index (χ1) is 11.0. The average molecular weight is 443 g/mol. The molecule has 0 aliphatic heterocycles. The number of hydrogen-bond acceptors (Lipinski definition) is 1. The van der Waals surface area contributed by atoms with E-state index in [9.17, 15) is 9.18 Å². The number of amides is 1. The number of halogens is 3. The summed E-state index contributed by atoms with van der Waals surface area (Å²) in [7, 11) is 0. The molecular weight excluding hydrogens is 430 g/mol. The van der Waals surface area contributed by atoms with Crippen molar-refractivity contribution >= 4 is 51.0 Å². The number of H-pyrrole nitrogens is 1. The molecule has 1 heterocycles. The number of aromatic amines is 1. The maximum atomic E-state index is 13.2. The van der Waals surface area contributed by atoms with Crippen LogP contribution in [0, 0.1) is 9.39 Å². The van der Waals surface area contributed by atoms with Gasteiger partial charge in [-0.25, -0.2) is 4.39 Å². The van der Waals surface area contributed by atoms with E-state index in [2.05, 4.69) is 32.9 Å². The zero-order chi connectivity index (χ0) is 16.4. The molecule has 2 aromatic carbocycles. The molecule has 0 atom stereocenters. The predicted molar refractivity (Wildman–Crippen MR) is 98.5 cm³/mol. The molecule has 6 heteroatoms. The van der Waals surface area contributed by atoms with Crippen molar-refractivity contribution < 1.29 is 9.18 Å². The summed E-state index contributed by atoms with van der Waals surface area (Å²) in [5.41, 5.74) is 2.37. The second kappa shape index (κ2) is 6.88. The van der Waals surface area contributed by atoms with Gasteiger partial charge in [0.1, 0.15) is 5.82 Å². The number of benzene rings is 2. The molecule has 0 fully saturated rings. The standard InChI is InChI=1S/C17H13ClFIN2O/c18-11-1-4-15(20)14(7-11)17(23)21-6-5-10-9-22-16-8-12(19)2-3-13(10)16/h1-4,7-9,22H,5-6H2,(H,21,23). The highest BCUT2D eigenvalue weighted by Crippen LogP contribution is 2.20. The Morgan fingerprint density at radius 1 is 1.26 bits per heavy atom. The summed E-state index contributed by atoms with van der Waals surface area (Å²) in [4.78, 5) is 15.3. The van der Waals surface area contributed by atoms with E-state index in [0.717, 1.165) is 20.0 Å². The molecule has 1 aromatic heterocycles. The third-order valence-electron chi connectivity index (χ3n) is 3.58. The molecule has 0 aliphatic rings. The lowest BCUT2D eigenvalue weighted by molar-refractivity contribution is 0.0953. The molecule has 0 saturated heterocycles. The van der Waals surface area contributed by atoms with Crippen molar-refractivity contribution in [2.24, 2.45) is 0 Å². The van der Waals surface area contributed by atoms with Gasteiger partial charge in [0.25, 0.3) is 5.91 Å². The molecule has 0 radical (unpaired) electrons. The quantitative estimate of drug-likeness (QED) is 0.573. The summed E-state index contributed by atoms with van der Waals surface area (Å²) in [5.74, 6) is -0.419. The second-order valence-electron chi connectivity index (χ2n) is 5.13. The van der Waals surface area contributed by atoms with Gasteiger partial charge in [0.05, 0.1) is 5.56 Å². The van der Waals surface area contributed by atoms with E-state index in [4.69, 9.17) is 11.6 Å². The highest BCUT2D eigenvalue weighted by atomic mass is 127. The van der Waals surface area contributed by atoms with Gasteiger partial charge in [-0.2, -0.15) is 0 Å². The van der Waals surface area contributed by atoms with Crippen LogP contribution in [0.2, 0.25) is 5.02 Å². The highest BCUT2D eigenvalue weighted by Gasteiger charge is 2.11. The third-order valence-corrected chi connectivity index (χ3v) is 4.76. The lowest BCUT2D eigenvalue weighted by atomic mass is 10.1. The largest absolute Gasteiger partial charge is 0.361 e.